The molecule has 0 spiro atoms. The lowest BCUT2D eigenvalue weighted by Crippen LogP contribution is -2.43. The van der Waals surface area contributed by atoms with Gasteiger partial charge in [0.05, 0.1) is 25.9 Å². The maximum Gasteiger partial charge on any atom is 0.336 e. The third-order valence-corrected chi connectivity index (χ3v) is 7.33. The topological polar surface area (TPSA) is 109 Å². The number of benzene rings is 2. The van der Waals surface area contributed by atoms with Gasteiger partial charge in [0, 0.05) is 28.8 Å². The van der Waals surface area contributed by atoms with Crippen LogP contribution in [0.1, 0.15) is 50.2 Å². The van der Waals surface area contributed by atoms with E-state index in [0.717, 1.165) is 5.56 Å². The highest BCUT2D eigenvalue weighted by molar-refractivity contribution is 6.13. The molecule has 2 heterocycles. The summed E-state index contributed by atoms with van der Waals surface area (Å²) in [7, 11) is 1.58. The Morgan fingerprint density at radius 1 is 0.974 bits per heavy atom. The summed E-state index contributed by atoms with van der Waals surface area (Å²) in [6, 6.07) is 12.7. The van der Waals surface area contributed by atoms with E-state index in [1.807, 2.05) is 18.2 Å². The fourth-order valence-corrected chi connectivity index (χ4v) is 5.61. The average Bonchev–Trinajstić information content (AvgIpc) is 3.40. The zero-order valence-corrected chi connectivity index (χ0v) is 22.4. The molecule has 1 aliphatic carbocycles. The molecule has 0 amide bonds. The van der Waals surface area contributed by atoms with E-state index in [0.29, 0.717) is 51.8 Å². The van der Waals surface area contributed by atoms with Crippen LogP contribution in [0.3, 0.4) is 0 Å². The van der Waals surface area contributed by atoms with Crippen LogP contribution in [0.5, 0.6) is 17.2 Å². The van der Waals surface area contributed by atoms with Crippen LogP contribution in [0, 0.1) is 5.92 Å². The molecular weight excluding hydrogens is 502 g/mol. The Hall–Kier alpha value is -4.27. The molecule has 9 heteroatoms. The summed E-state index contributed by atoms with van der Waals surface area (Å²) in [5, 5.41) is 3.31. The predicted octanol–water partition coefficient (Wildman–Crippen LogP) is 4.14. The smallest absolute Gasteiger partial charge is 0.336 e. The monoisotopic (exact) mass is 533 g/mol. The second-order valence-corrected chi connectivity index (χ2v) is 9.50. The van der Waals surface area contributed by atoms with Crippen molar-refractivity contribution in [3.05, 3.63) is 76.1 Å². The number of ketones is 1. The molecule has 0 bridgehead atoms. The number of fused-ring (bicyclic) bond motifs is 1. The van der Waals surface area contributed by atoms with Crippen LogP contribution in [-0.2, 0) is 23.9 Å². The molecule has 0 saturated carbocycles. The summed E-state index contributed by atoms with van der Waals surface area (Å²) >= 11 is 0. The highest BCUT2D eigenvalue weighted by Crippen LogP contribution is 2.49. The minimum absolute atomic E-state index is 0.0892. The van der Waals surface area contributed by atoms with Crippen LogP contribution in [0.15, 0.2) is 65.0 Å². The molecule has 3 unspecified atom stereocenters. The minimum atomic E-state index is -1.09. The van der Waals surface area contributed by atoms with Crippen molar-refractivity contribution in [2.24, 2.45) is 5.92 Å². The SMILES string of the molecule is CCOC(=O)C1=C(C)NC2=C(C(=O)C(C(=O)OCC)C(c3ccc(OC)cc3)C2)C1c1ccc2c(c1)OCO2. The van der Waals surface area contributed by atoms with Crippen molar-refractivity contribution in [3.8, 4) is 17.2 Å². The molecular formula is C30H31NO8. The number of nitrogens with one attached hydrogen (secondary N) is 1. The van der Waals surface area contributed by atoms with E-state index in [4.69, 9.17) is 23.7 Å². The summed E-state index contributed by atoms with van der Waals surface area (Å²) in [5.74, 6) is -2.06. The Morgan fingerprint density at radius 3 is 2.36 bits per heavy atom. The fraction of sp³-hybridized carbons (Fsp3) is 0.367. The van der Waals surface area contributed by atoms with Crippen LogP contribution in [0.2, 0.25) is 0 Å². The average molecular weight is 534 g/mol. The van der Waals surface area contributed by atoms with Crippen LogP contribution >= 0.6 is 0 Å². The maximum atomic E-state index is 14.4. The molecule has 0 saturated heterocycles. The third kappa shape index (κ3) is 4.73. The third-order valence-electron chi connectivity index (χ3n) is 7.33. The van der Waals surface area contributed by atoms with E-state index in [1.54, 1.807) is 52.1 Å². The molecule has 5 rings (SSSR count). The number of methoxy groups -OCH3 is 1. The van der Waals surface area contributed by atoms with Gasteiger partial charge in [0.2, 0.25) is 6.79 Å². The number of dihydropyridines is 1. The van der Waals surface area contributed by atoms with E-state index in [-0.39, 0.29) is 25.8 Å². The van der Waals surface area contributed by atoms with E-state index in [9.17, 15) is 14.4 Å². The lowest BCUT2D eigenvalue weighted by Gasteiger charge is -2.39. The summed E-state index contributed by atoms with van der Waals surface area (Å²) < 4.78 is 27.2. The van der Waals surface area contributed by atoms with Crippen LogP contribution in [-0.4, -0.2) is 44.8 Å². The van der Waals surface area contributed by atoms with Gasteiger partial charge in [0.15, 0.2) is 17.3 Å². The van der Waals surface area contributed by atoms with Gasteiger partial charge in [0.1, 0.15) is 11.7 Å². The number of esters is 2. The highest BCUT2D eigenvalue weighted by Gasteiger charge is 2.49. The number of carbonyl (C=O) groups excluding carboxylic acids is 3. The van der Waals surface area contributed by atoms with Crippen LogP contribution in [0.4, 0.5) is 0 Å². The van der Waals surface area contributed by atoms with E-state index in [2.05, 4.69) is 5.32 Å². The first-order chi connectivity index (χ1) is 18.9. The molecule has 2 aliphatic heterocycles. The van der Waals surface area contributed by atoms with Crippen molar-refractivity contribution in [1.29, 1.82) is 0 Å². The first kappa shape index (κ1) is 26.3. The Balaban J connectivity index is 1.66. The molecule has 204 valence electrons. The summed E-state index contributed by atoms with van der Waals surface area (Å²) in [6.45, 7) is 5.63. The lowest BCUT2D eigenvalue weighted by molar-refractivity contribution is -0.152. The largest absolute Gasteiger partial charge is 0.497 e. The molecule has 0 radical (unpaired) electrons. The standard InChI is InChI=1S/C30H31NO8/c1-5-36-29(33)24-16(3)31-21-14-20(17-7-10-19(35-4)11-8-17)26(30(34)37-6-2)28(32)27(21)25(24)18-9-12-22-23(13-18)39-15-38-22/h7-13,20,25-26,31H,5-6,14-15H2,1-4H3. The van der Waals surface area contributed by atoms with Gasteiger partial charge in [-0.3, -0.25) is 9.59 Å². The molecule has 2 aromatic carbocycles. The first-order valence-corrected chi connectivity index (χ1v) is 13.0. The number of hydrogen-bond donors (Lipinski definition) is 1. The van der Waals surface area contributed by atoms with Crippen molar-refractivity contribution in [1.82, 2.24) is 5.32 Å². The molecule has 3 atom stereocenters. The second-order valence-electron chi connectivity index (χ2n) is 9.50. The van der Waals surface area contributed by atoms with Crippen molar-refractivity contribution < 1.29 is 38.1 Å². The van der Waals surface area contributed by atoms with Crippen molar-refractivity contribution >= 4 is 17.7 Å². The number of hydrogen-bond acceptors (Lipinski definition) is 9. The van der Waals surface area contributed by atoms with Gasteiger partial charge in [-0.1, -0.05) is 18.2 Å². The molecule has 1 N–H and O–H groups in total. The maximum absolute atomic E-state index is 14.4. The minimum Gasteiger partial charge on any atom is -0.497 e. The second kappa shape index (κ2) is 10.8. The Morgan fingerprint density at radius 2 is 1.67 bits per heavy atom. The van der Waals surface area contributed by atoms with Gasteiger partial charge in [-0.05, 0) is 62.6 Å². The first-order valence-electron chi connectivity index (χ1n) is 13.0. The Bertz CT molecular complexity index is 1370. The number of ether oxygens (including phenoxy) is 5. The zero-order valence-electron chi connectivity index (χ0n) is 22.4. The molecule has 0 fully saturated rings. The molecule has 0 aromatic heterocycles. The normalized spacial score (nSPS) is 21.7. The lowest BCUT2D eigenvalue weighted by atomic mass is 9.67. The number of Topliss-reactive ketones (excluding diaryl/α,β-unsaturated/α-hetero) is 1. The fourth-order valence-electron chi connectivity index (χ4n) is 5.61. The van der Waals surface area contributed by atoms with E-state index >= 15 is 0 Å². The van der Waals surface area contributed by atoms with Gasteiger partial charge < -0.3 is 29.0 Å². The Labute approximate surface area is 226 Å². The quantitative estimate of drug-likeness (QED) is 0.415. The van der Waals surface area contributed by atoms with E-state index < -0.39 is 29.7 Å². The highest BCUT2D eigenvalue weighted by atomic mass is 16.7. The van der Waals surface area contributed by atoms with Crippen molar-refractivity contribution in [2.45, 2.75) is 39.0 Å². The number of rotatable bonds is 7. The van der Waals surface area contributed by atoms with Gasteiger partial charge in [-0.15, -0.1) is 0 Å². The van der Waals surface area contributed by atoms with Crippen LogP contribution < -0.4 is 19.5 Å². The van der Waals surface area contributed by atoms with E-state index in [1.165, 1.54) is 0 Å². The van der Waals surface area contributed by atoms with Gasteiger partial charge in [0.25, 0.3) is 0 Å². The molecule has 9 nitrogen and oxygen atoms in total. The summed E-state index contributed by atoms with van der Waals surface area (Å²) in [6.07, 6.45) is 0.366. The van der Waals surface area contributed by atoms with Crippen molar-refractivity contribution in [2.75, 3.05) is 27.1 Å². The molecule has 3 aliphatic rings. The van der Waals surface area contributed by atoms with Crippen LogP contribution in [0.25, 0.3) is 0 Å². The Kier molecular flexibility index (Phi) is 7.32. The molecule has 2 aromatic rings. The summed E-state index contributed by atoms with van der Waals surface area (Å²) in [5.41, 5.74) is 3.39. The predicted molar refractivity (Wildman–Crippen MR) is 140 cm³/mol. The van der Waals surface area contributed by atoms with Gasteiger partial charge in [-0.25, -0.2) is 4.79 Å². The van der Waals surface area contributed by atoms with Gasteiger partial charge in [-0.2, -0.15) is 0 Å². The number of carbonyl (C=O) groups is 3. The number of allylic oxidation sites excluding steroid dienone is 3. The zero-order chi connectivity index (χ0) is 27.7. The molecule has 39 heavy (non-hydrogen) atoms. The van der Waals surface area contributed by atoms with Crippen molar-refractivity contribution in [3.63, 3.8) is 0 Å². The van der Waals surface area contributed by atoms with Gasteiger partial charge >= 0.3 is 11.9 Å². The summed E-state index contributed by atoms with van der Waals surface area (Å²) in [4.78, 5) is 41.0.